The normalized spacial score (nSPS) is 14.2. The quantitative estimate of drug-likeness (QED) is 0.561. The van der Waals surface area contributed by atoms with E-state index < -0.39 is 47.3 Å². The largest absolute Gasteiger partial charge is 0.481 e. The number of aliphatic carboxylic acids is 2. The first-order valence-electron chi connectivity index (χ1n) is 8.60. The molecule has 0 aliphatic heterocycles. The van der Waals surface area contributed by atoms with Gasteiger partial charge in [0.2, 0.25) is 0 Å². The predicted octanol–water partition coefficient (Wildman–Crippen LogP) is 5.54. The minimum absolute atomic E-state index is 0.0621. The third kappa shape index (κ3) is 5.74. The Morgan fingerprint density at radius 2 is 0.900 bits per heavy atom. The molecule has 0 aromatic heterocycles. The molecule has 4 nitrogen and oxygen atoms in total. The van der Waals surface area contributed by atoms with Crippen molar-refractivity contribution in [2.75, 3.05) is 0 Å². The van der Waals surface area contributed by atoms with Gasteiger partial charge in [0.1, 0.15) is 0 Å². The zero-order valence-corrected chi connectivity index (χ0v) is 15.2. The third-order valence-corrected chi connectivity index (χ3v) is 4.62. The van der Waals surface area contributed by atoms with E-state index in [1.807, 2.05) is 0 Å². The molecule has 0 amide bonds. The molecule has 0 aliphatic rings. The summed E-state index contributed by atoms with van der Waals surface area (Å²) in [5, 5.41) is 18.8. The van der Waals surface area contributed by atoms with Gasteiger partial charge in [0.25, 0.3) is 0 Å². The summed E-state index contributed by atoms with van der Waals surface area (Å²) >= 11 is 0. The zero-order chi connectivity index (χ0) is 22.7. The van der Waals surface area contributed by atoms with E-state index in [2.05, 4.69) is 0 Å². The van der Waals surface area contributed by atoms with Gasteiger partial charge in [-0.15, -0.1) is 0 Å². The second-order valence-electron chi connectivity index (χ2n) is 6.60. The number of carbonyl (C=O) groups is 2. The topological polar surface area (TPSA) is 74.6 Å². The SMILES string of the molecule is O=C(O)C(CCC(C(=O)O)c1ccc(C(F)(F)F)cc1)c1ccc(C(F)(F)F)cc1. The fraction of sp³-hybridized carbons (Fsp3) is 0.300. The van der Waals surface area contributed by atoms with Crippen LogP contribution < -0.4 is 0 Å². The van der Waals surface area contributed by atoms with Gasteiger partial charge in [0.15, 0.2) is 0 Å². The van der Waals surface area contributed by atoms with E-state index in [1.54, 1.807) is 0 Å². The molecule has 0 saturated carbocycles. The van der Waals surface area contributed by atoms with Crippen molar-refractivity contribution >= 4 is 11.9 Å². The second kappa shape index (κ2) is 8.76. The summed E-state index contributed by atoms with van der Waals surface area (Å²) in [7, 11) is 0. The number of rotatable bonds is 7. The molecule has 2 aromatic rings. The Morgan fingerprint density at radius 3 is 1.10 bits per heavy atom. The van der Waals surface area contributed by atoms with Crippen LogP contribution in [0.5, 0.6) is 0 Å². The molecule has 30 heavy (non-hydrogen) atoms. The lowest BCUT2D eigenvalue weighted by Gasteiger charge is -2.18. The Bertz CT molecular complexity index is 810. The molecule has 0 bridgehead atoms. The fourth-order valence-corrected chi connectivity index (χ4v) is 3.01. The molecule has 0 aliphatic carbocycles. The highest BCUT2D eigenvalue weighted by molar-refractivity contribution is 5.78. The Balaban J connectivity index is 2.20. The van der Waals surface area contributed by atoms with Crippen LogP contribution in [0.15, 0.2) is 48.5 Å². The van der Waals surface area contributed by atoms with Crippen LogP contribution >= 0.6 is 0 Å². The summed E-state index contributed by atoms with van der Waals surface area (Å²) in [6, 6.07) is 6.97. The lowest BCUT2D eigenvalue weighted by atomic mass is 9.87. The number of carboxylic acid groups (broad SMARTS) is 2. The van der Waals surface area contributed by atoms with Gasteiger partial charge in [-0.25, -0.2) is 0 Å². The molecule has 10 heteroatoms. The monoisotopic (exact) mass is 434 g/mol. The van der Waals surface area contributed by atoms with Crippen molar-refractivity contribution in [2.45, 2.75) is 37.0 Å². The van der Waals surface area contributed by atoms with Crippen LogP contribution in [-0.4, -0.2) is 22.2 Å². The number of hydrogen-bond donors (Lipinski definition) is 2. The van der Waals surface area contributed by atoms with Crippen LogP contribution in [0.25, 0.3) is 0 Å². The summed E-state index contributed by atoms with van der Waals surface area (Å²) in [5.74, 6) is -5.26. The number of hydrogen-bond acceptors (Lipinski definition) is 2. The smallest absolute Gasteiger partial charge is 0.416 e. The van der Waals surface area contributed by atoms with Crippen LogP contribution in [0.4, 0.5) is 26.3 Å². The van der Waals surface area contributed by atoms with Gasteiger partial charge in [0, 0.05) is 0 Å². The minimum Gasteiger partial charge on any atom is -0.481 e. The first-order valence-corrected chi connectivity index (χ1v) is 8.60. The van der Waals surface area contributed by atoms with Crippen LogP contribution in [0.1, 0.15) is 46.9 Å². The van der Waals surface area contributed by atoms with Gasteiger partial charge in [-0.05, 0) is 48.2 Å². The zero-order valence-electron chi connectivity index (χ0n) is 15.2. The summed E-state index contributed by atoms with van der Waals surface area (Å²) in [6.45, 7) is 0. The molecule has 0 radical (unpaired) electrons. The molecular formula is C20H16F6O4. The molecule has 2 atom stereocenters. The average Bonchev–Trinajstić information content (AvgIpc) is 2.63. The summed E-state index contributed by atoms with van der Waals surface area (Å²) < 4.78 is 76.0. The molecule has 2 aromatic carbocycles. The first-order chi connectivity index (χ1) is 13.8. The molecule has 162 valence electrons. The molecule has 2 unspecified atom stereocenters. The van der Waals surface area contributed by atoms with E-state index in [4.69, 9.17) is 0 Å². The molecule has 0 fully saturated rings. The van der Waals surface area contributed by atoms with Crippen molar-refractivity contribution in [2.24, 2.45) is 0 Å². The van der Waals surface area contributed by atoms with E-state index in [0.717, 1.165) is 48.5 Å². The van der Waals surface area contributed by atoms with Crippen molar-refractivity contribution < 1.29 is 46.1 Å². The van der Waals surface area contributed by atoms with E-state index >= 15 is 0 Å². The standard InChI is InChI=1S/C20H16F6O4/c21-19(22,23)13-5-1-11(2-6-13)15(17(27)28)9-10-16(18(29)30)12-3-7-14(8-4-12)20(24,25)26/h1-8,15-16H,9-10H2,(H,27,28)(H,29,30). The Morgan fingerprint density at radius 1 is 0.633 bits per heavy atom. The highest BCUT2D eigenvalue weighted by Crippen LogP contribution is 2.34. The number of carboxylic acids is 2. The van der Waals surface area contributed by atoms with E-state index in [9.17, 15) is 46.1 Å². The van der Waals surface area contributed by atoms with Crippen LogP contribution in [0, 0.1) is 0 Å². The molecule has 0 saturated heterocycles. The summed E-state index contributed by atoms with van der Waals surface area (Å²) in [4.78, 5) is 23.1. The van der Waals surface area contributed by atoms with Gasteiger partial charge in [-0.1, -0.05) is 24.3 Å². The van der Waals surface area contributed by atoms with Crippen molar-refractivity contribution in [1.29, 1.82) is 0 Å². The van der Waals surface area contributed by atoms with Crippen molar-refractivity contribution in [1.82, 2.24) is 0 Å². The number of alkyl halides is 6. The maximum Gasteiger partial charge on any atom is 0.416 e. The molecular weight excluding hydrogens is 418 g/mol. The van der Waals surface area contributed by atoms with Crippen molar-refractivity contribution in [3.63, 3.8) is 0 Å². The van der Waals surface area contributed by atoms with E-state index in [-0.39, 0.29) is 24.0 Å². The van der Waals surface area contributed by atoms with Gasteiger partial charge in [0.05, 0.1) is 23.0 Å². The van der Waals surface area contributed by atoms with Crippen LogP contribution in [0.2, 0.25) is 0 Å². The summed E-state index contributed by atoms with van der Waals surface area (Å²) in [6.07, 6.45) is -9.65. The predicted molar refractivity (Wildman–Crippen MR) is 92.9 cm³/mol. The fourth-order valence-electron chi connectivity index (χ4n) is 3.01. The molecule has 2 rings (SSSR count). The molecule has 0 heterocycles. The van der Waals surface area contributed by atoms with Gasteiger partial charge in [-0.3, -0.25) is 9.59 Å². The van der Waals surface area contributed by atoms with E-state index in [0.29, 0.717) is 0 Å². The van der Waals surface area contributed by atoms with Gasteiger partial charge in [-0.2, -0.15) is 26.3 Å². The average molecular weight is 434 g/mol. The Labute approximate surface area is 166 Å². The van der Waals surface area contributed by atoms with Crippen molar-refractivity contribution in [3.05, 3.63) is 70.8 Å². The third-order valence-electron chi connectivity index (χ3n) is 4.62. The maximum absolute atomic E-state index is 12.7. The minimum atomic E-state index is -4.59. The Hall–Kier alpha value is -3.04. The van der Waals surface area contributed by atoms with Crippen LogP contribution in [-0.2, 0) is 21.9 Å². The van der Waals surface area contributed by atoms with Crippen molar-refractivity contribution in [3.8, 4) is 0 Å². The maximum atomic E-state index is 12.7. The first kappa shape index (κ1) is 23.2. The van der Waals surface area contributed by atoms with Gasteiger partial charge < -0.3 is 10.2 Å². The highest BCUT2D eigenvalue weighted by Gasteiger charge is 2.32. The lowest BCUT2D eigenvalue weighted by molar-refractivity contribution is -0.141. The number of halogens is 6. The lowest BCUT2D eigenvalue weighted by Crippen LogP contribution is -2.17. The summed E-state index contributed by atoms with van der Waals surface area (Å²) in [5.41, 5.74) is -1.79. The van der Waals surface area contributed by atoms with Gasteiger partial charge >= 0.3 is 24.3 Å². The van der Waals surface area contributed by atoms with E-state index in [1.165, 1.54) is 0 Å². The number of benzene rings is 2. The highest BCUT2D eigenvalue weighted by atomic mass is 19.4. The Kier molecular flexibility index (Phi) is 6.79. The molecule has 0 spiro atoms. The van der Waals surface area contributed by atoms with Crippen LogP contribution in [0.3, 0.4) is 0 Å². The molecule has 2 N–H and O–H groups in total. The second-order valence-corrected chi connectivity index (χ2v) is 6.60.